The van der Waals surface area contributed by atoms with E-state index in [4.69, 9.17) is 0 Å². The first kappa shape index (κ1) is 21.3. The Bertz CT molecular complexity index is 1280. The second-order valence-electron chi connectivity index (χ2n) is 8.05. The zero-order valence-electron chi connectivity index (χ0n) is 17.6. The summed E-state index contributed by atoms with van der Waals surface area (Å²) in [7, 11) is -3.56. The van der Waals surface area contributed by atoms with E-state index in [9.17, 15) is 18.0 Å². The minimum atomic E-state index is -3.56. The molecule has 1 aromatic heterocycles. The molecule has 0 unspecified atom stereocenters. The predicted octanol–water partition coefficient (Wildman–Crippen LogP) is 2.76. The first-order valence-electron chi connectivity index (χ1n) is 10.3. The topological polar surface area (TPSA) is 104 Å². The van der Waals surface area contributed by atoms with Gasteiger partial charge in [0.2, 0.25) is 15.9 Å². The third-order valence-electron chi connectivity index (χ3n) is 5.52. The number of benzene rings is 2. The second-order valence-corrected chi connectivity index (χ2v) is 9.98. The van der Waals surface area contributed by atoms with Gasteiger partial charge >= 0.3 is 5.69 Å². The van der Waals surface area contributed by atoms with Crippen LogP contribution in [0.15, 0.2) is 46.1 Å². The number of anilines is 1. The number of H-pyrrole nitrogens is 1. The number of sulfonamides is 1. The lowest BCUT2D eigenvalue weighted by molar-refractivity contribution is -0.116. The van der Waals surface area contributed by atoms with Crippen molar-refractivity contribution in [3.63, 3.8) is 0 Å². The summed E-state index contributed by atoms with van der Waals surface area (Å²) in [6.07, 6.45) is 1.84. The van der Waals surface area contributed by atoms with Crippen LogP contribution in [0.5, 0.6) is 0 Å². The monoisotopic (exact) mass is 442 g/mol. The van der Waals surface area contributed by atoms with E-state index >= 15 is 0 Å². The Kier molecular flexibility index (Phi) is 5.72. The summed E-state index contributed by atoms with van der Waals surface area (Å²) in [6.45, 7) is 5.16. The summed E-state index contributed by atoms with van der Waals surface area (Å²) in [6, 6.07) is 10.5. The fourth-order valence-corrected chi connectivity index (χ4v) is 5.63. The molecule has 0 aliphatic carbocycles. The van der Waals surface area contributed by atoms with Gasteiger partial charge in [-0.05, 0) is 68.1 Å². The van der Waals surface area contributed by atoms with Crippen molar-refractivity contribution < 1.29 is 13.2 Å². The minimum absolute atomic E-state index is 0.119. The summed E-state index contributed by atoms with van der Waals surface area (Å²) >= 11 is 0. The third kappa shape index (κ3) is 4.42. The molecule has 0 saturated carbocycles. The summed E-state index contributed by atoms with van der Waals surface area (Å²) in [5, 5.41) is 2.86. The van der Waals surface area contributed by atoms with Crippen molar-refractivity contribution in [1.29, 1.82) is 0 Å². The number of aromatic amines is 1. The number of hydrogen-bond donors (Lipinski definition) is 2. The van der Waals surface area contributed by atoms with E-state index in [1.807, 2.05) is 32.0 Å². The summed E-state index contributed by atoms with van der Waals surface area (Å²) in [4.78, 5) is 27.7. The van der Waals surface area contributed by atoms with Gasteiger partial charge in [-0.3, -0.25) is 9.36 Å². The van der Waals surface area contributed by atoms with Crippen LogP contribution in [0.1, 0.15) is 30.4 Å². The normalized spacial score (nSPS) is 14.9. The average Bonchev–Trinajstić information content (AvgIpc) is 3.33. The fraction of sp³-hybridized carbons (Fsp3) is 0.364. The Morgan fingerprint density at radius 1 is 1.06 bits per heavy atom. The molecule has 1 fully saturated rings. The lowest BCUT2D eigenvalue weighted by Gasteiger charge is -2.15. The number of hydrogen-bond acceptors (Lipinski definition) is 4. The molecule has 2 heterocycles. The lowest BCUT2D eigenvalue weighted by atomic mass is 10.1. The number of nitrogens with zero attached hydrogens (tertiary/aromatic N) is 2. The molecule has 2 aromatic carbocycles. The van der Waals surface area contributed by atoms with Crippen molar-refractivity contribution in [3.05, 3.63) is 58.0 Å². The zero-order valence-corrected chi connectivity index (χ0v) is 18.5. The van der Waals surface area contributed by atoms with Crippen LogP contribution in [0, 0.1) is 13.8 Å². The maximum atomic E-state index is 12.8. The summed E-state index contributed by atoms with van der Waals surface area (Å²) in [5.41, 5.74) is 3.49. The quantitative estimate of drug-likeness (QED) is 0.612. The highest BCUT2D eigenvalue weighted by Gasteiger charge is 2.27. The van der Waals surface area contributed by atoms with Gasteiger partial charge in [-0.1, -0.05) is 6.07 Å². The first-order valence-corrected chi connectivity index (χ1v) is 11.8. The van der Waals surface area contributed by atoms with Crippen molar-refractivity contribution in [2.75, 3.05) is 18.4 Å². The van der Waals surface area contributed by atoms with E-state index in [0.29, 0.717) is 24.1 Å². The van der Waals surface area contributed by atoms with Gasteiger partial charge in [0.05, 0.1) is 15.9 Å². The van der Waals surface area contributed by atoms with Crippen molar-refractivity contribution in [1.82, 2.24) is 13.9 Å². The van der Waals surface area contributed by atoms with Crippen LogP contribution in [-0.2, 0) is 21.4 Å². The highest BCUT2D eigenvalue weighted by Crippen LogP contribution is 2.23. The molecule has 9 heteroatoms. The minimum Gasteiger partial charge on any atom is -0.326 e. The van der Waals surface area contributed by atoms with Gasteiger partial charge in [-0.25, -0.2) is 13.2 Å². The summed E-state index contributed by atoms with van der Waals surface area (Å²) < 4.78 is 28.5. The number of aromatic nitrogens is 2. The lowest BCUT2D eigenvalue weighted by Crippen LogP contribution is -2.27. The van der Waals surface area contributed by atoms with Crippen molar-refractivity contribution >= 4 is 32.7 Å². The maximum absolute atomic E-state index is 12.8. The molecule has 4 rings (SSSR count). The Morgan fingerprint density at radius 3 is 2.42 bits per heavy atom. The first-order chi connectivity index (χ1) is 14.7. The van der Waals surface area contributed by atoms with Gasteiger partial charge in [0.15, 0.2) is 0 Å². The highest BCUT2D eigenvalue weighted by molar-refractivity contribution is 7.89. The largest absolute Gasteiger partial charge is 0.326 e. The van der Waals surface area contributed by atoms with Crippen LogP contribution in [0.3, 0.4) is 0 Å². The van der Waals surface area contributed by atoms with Crippen LogP contribution < -0.4 is 11.0 Å². The maximum Gasteiger partial charge on any atom is 0.326 e. The Hall–Kier alpha value is -2.91. The van der Waals surface area contributed by atoms with Crippen molar-refractivity contribution in [2.45, 2.75) is 44.6 Å². The number of rotatable bonds is 6. The fourth-order valence-electron chi connectivity index (χ4n) is 4.09. The molecule has 31 heavy (non-hydrogen) atoms. The van der Waals surface area contributed by atoms with Crippen LogP contribution in [0.2, 0.25) is 0 Å². The number of aryl methyl sites for hydroxylation is 3. The Balaban J connectivity index is 1.51. The van der Waals surface area contributed by atoms with Gasteiger partial charge in [0.25, 0.3) is 0 Å². The number of carbonyl (C=O) groups excluding carboxylic acids is 1. The van der Waals surface area contributed by atoms with E-state index in [1.165, 1.54) is 21.0 Å². The van der Waals surface area contributed by atoms with Gasteiger partial charge in [0.1, 0.15) is 0 Å². The molecule has 1 aliphatic heterocycles. The molecule has 1 aliphatic rings. The third-order valence-corrected chi connectivity index (χ3v) is 7.41. The van der Waals surface area contributed by atoms with E-state index in [1.54, 1.807) is 6.07 Å². The summed E-state index contributed by atoms with van der Waals surface area (Å²) in [5.74, 6) is -0.195. The SMILES string of the molecule is Cc1cc(C)cc(NC(=O)CCn2c(=O)[nH]c3cc(S(=O)(=O)N4CCCC4)ccc32)c1. The van der Waals surface area contributed by atoms with Gasteiger partial charge < -0.3 is 10.3 Å². The molecule has 8 nitrogen and oxygen atoms in total. The molecule has 2 N–H and O–H groups in total. The molecule has 0 bridgehead atoms. The molecule has 3 aromatic rings. The molecule has 0 spiro atoms. The number of fused-ring (bicyclic) bond motifs is 1. The number of imidazole rings is 1. The zero-order chi connectivity index (χ0) is 22.2. The van der Waals surface area contributed by atoms with Crippen LogP contribution >= 0.6 is 0 Å². The number of carbonyl (C=O) groups is 1. The highest BCUT2D eigenvalue weighted by atomic mass is 32.2. The molecule has 0 radical (unpaired) electrons. The van der Waals surface area contributed by atoms with E-state index in [0.717, 1.165) is 29.7 Å². The molecule has 1 saturated heterocycles. The smallest absolute Gasteiger partial charge is 0.326 e. The molecular weight excluding hydrogens is 416 g/mol. The van der Waals surface area contributed by atoms with Gasteiger partial charge in [-0.2, -0.15) is 4.31 Å². The standard InChI is InChI=1S/C22H26N4O4S/c1-15-11-16(2)13-17(12-15)23-21(27)7-10-26-20-6-5-18(14-19(20)24-22(26)28)31(29,30)25-8-3-4-9-25/h5-6,11-14H,3-4,7-10H2,1-2H3,(H,23,27)(H,24,28). The molecule has 164 valence electrons. The van der Waals surface area contributed by atoms with Crippen molar-refractivity contribution in [2.24, 2.45) is 0 Å². The Morgan fingerprint density at radius 2 is 1.74 bits per heavy atom. The van der Waals surface area contributed by atoms with Crippen LogP contribution in [0.25, 0.3) is 11.0 Å². The number of amides is 1. The average molecular weight is 443 g/mol. The van der Waals surface area contributed by atoms with E-state index < -0.39 is 10.0 Å². The molecular formula is C22H26N4O4S. The Labute approximate surface area is 180 Å². The van der Waals surface area contributed by atoms with E-state index in [2.05, 4.69) is 10.3 Å². The predicted molar refractivity (Wildman–Crippen MR) is 120 cm³/mol. The second kappa shape index (κ2) is 8.32. The van der Waals surface area contributed by atoms with Crippen LogP contribution in [-0.4, -0.2) is 41.3 Å². The van der Waals surface area contributed by atoms with Crippen molar-refractivity contribution in [3.8, 4) is 0 Å². The van der Waals surface area contributed by atoms with Gasteiger partial charge in [0, 0.05) is 31.7 Å². The number of nitrogens with one attached hydrogen (secondary N) is 2. The van der Waals surface area contributed by atoms with Gasteiger partial charge in [-0.15, -0.1) is 0 Å². The molecule has 0 atom stereocenters. The van der Waals surface area contributed by atoms with E-state index in [-0.39, 0.29) is 29.5 Å². The van der Waals surface area contributed by atoms with Crippen LogP contribution in [0.4, 0.5) is 5.69 Å². The molecule has 1 amide bonds.